The summed E-state index contributed by atoms with van der Waals surface area (Å²) in [7, 11) is 0. The summed E-state index contributed by atoms with van der Waals surface area (Å²) in [5.41, 5.74) is 4.40. The zero-order valence-corrected chi connectivity index (χ0v) is 15.2. The number of benzene rings is 1. The quantitative estimate of drug-likeness (QED) is 0.548. The van der Waals surface area contributed by atoms with Crippen molar-refractivity contribution in [3.8, 4) is 11.4 Å². The van der Waals surface area contributed by atoms with Crippen molar-refractivity contribution in [2.24, 2.45) is 0 Å². The number of esters is 1. The minimum Gasteiger partial charge on any atom is -0.449 e. The lowest BCUT2D eigenvalue weighted by atomic mass is 10.1. The van der Waals surface area contributed by atoms with Gasteiger partial charge in [0.1, 0.15) is 0 Å². The van der Waals surface area contributed by atoms with Crippen molar-refractivity contribution in [1.82, 2.24) is 20.1 Å². The Hall–Kier alpha value is -3.48. The molecule has 0 fully saturated rings. The summed E-state index contributed by atoms with van der Waals surface area (Å²) in [4.78, 5) is 24.1. The molecule has 4 rings (SSSR count). The zero-order valence-electron chi connectivity index (χ0n) is 15.2. The van der Waals surface area contributed by atoms with E-state index in [1.807, 2.05) is 32.0 Å². The van der Waals surface area contributed by atoms with E-state index in [0.717, 1.165) is 27.7 Å². The minimum atomic E-state index is -0.667. The molecule has 3 aromatic heterocycles. The van der Waals surface area contributed by atoms with Crippen LogP contribution in [0.2, 0.25) is 0 Å². The van der Waals surface area contributed by atoms with Gasteiger partial charge in [0, 0.05) is 34.6 Å². The Morgan fingerprint density at radius 2 is 2.11 bits per heavy atom. The van der Waals surface area contributed by atoms with Crippen LogP contribution in [-0.4, -0.2) is 26.1 Å². The molecule has 0 aliphatic carbocycles. The van der Waals surface area contributed by atoms with Gasteiger partial charge in [0.25, 0.3) is 5.89 Å². The highest BCUT2D eigenvalue weighted by Gasteiger charge is 2.21. The van der Waals surface area contributed by atoms with Crippen LogP contribution in [0.3, 0.4) is 0 Å². The average Bonchev–Trinajstić information content (AvgIpc) is 3.28. The predicted molar refractivity (Wildman–Crippen MR) is 99.1 cm³/mol. The van der Waals surface area contributed by atoms with E-state index in [9.17, 15) is 4.79 Å². The SMILES string of the molecule is Cc1[nH]c2ccc(C(=O)OC(C)c3nc(-c4cccnc4)no3)cc2c1C. The number of H-pyrrole nitrogens is 1. The molecular weight excluding hydrogens is 344 g/mol. The number of carbonyl (C=O) groups excluding carboxylic acids is 1. The number of nitrogens with one attached hydrogen (secondary N) is 1. The first-order chi connectivity index (χ1) is 13.0. The molecule has 3 heterocycles. The molecule has 0 spiro atoms. The normalized spacial score (nSPS) is 12.3. The van der Waals surface area contributed by atoms with Crippen LogP contribution in [0, 0.1) is 13.8 Å². The maximum absolute atomic E-state index is 12.5. The number of carbonyl (C=O) groups is 1. The third kappa shape index (κ3) is 3.19. The topological polar surface area (TPSA) is 93.9 Å². The number of aryl methyl sites for hydroxylation is 2. The Labute approximate surface area is 155 Å². The van der Waals surface area contributed by atoms with Gasteiger partial charge in [0.2, 0.25) is 5.82 Å². The van der Waals surface area contributed by atoms with Crippen LogP contribution in [0.25, 0.3) is 22.3 Å². The van der Waals surface area contributed by atoms with Crippen LogP contribution < -0.4 is 0 Å². The number of fused-ring (bicyclic) bond motifs is 1. The summed E-state index contributed by atoms with van der Waals surface area (Å²) in [6, 6.07) is 9.06. The summed E-state index contributed by atoms with van der Waals surface area (Å²) in [5, 5.41) is 4.93. The molecule has 0 radical (unpaired) electrons. The van der Waals surface area contributed by atoms with Gasteiger partial charge >= 0.3 is 5.97 Å². The van der Waals surface area contributed by atoms with Crippen molar-refractivity contribution in [2.45, 2.75) is 26.9 Å². The number of rotatable bonds is 4. The van der Waals surface area contributed by atoms with E-state index in [2.05, 4.69) is 20.1 Å². The van der Waals surface area contributed by atoms with Crippen molar-refractivity contribution < 1.29 is 14.1 Å². The van der Waals surface area contributed by atoms with E-state index in [4.69, 9.17) is 9.26 Å². The van der Waals surface area contributed by atoms with Gasteiger partial charge in [0.15, 0.2) is 6.10 Å². The third-order valence-corrected chi connectivity index (χ3v) is 4.54. The van der Waals surface area contributed by atoms with Crippen LogP contribution in [0.15, 0.2) is 47.2 Å². The van der Waals surface area contributed by atoms with Gasteiger partial charge in [-0.3, -0.25) is 4.98 Å². The molecule has 1 aromatic carbocycles. The third-order valence-electron chi connectivity index (χ3n) is 4.54. The van der Waals surface area contributed by atoms with Gasteiger partial charge in [-0.15, -0.1) is 0 Å². The minimum absolute atomic E-state index is 0.233. The van der Waals surface area contributed by atoms with Crippen LogP contribution in [-0.2, 0) is 4.74 Å². The summed E-state index contributed by atoms with van der Waals surface area (Å²) < 4.78 is 10.7. The van der Waals surface area contributed by atoms with Gasteiger partial charge in [-0.05, 0) is 56.7 Å². The molecule has 27 heavy (non-hydrogen) atoms. The molecule has 1 N–H and O–H groups in total. The van der Waals surface area contributed by atoms with E-state index in [-0.39, 0.29) is 5.89 Å². The maximum Gasteiger partial charge on any atom is 0.338 e. The Kier molecular flexibility index (Phi) is 4.19. The largest absolute Gasteiger partial charge is 0.449 e. The van der Waals surface area contributed by atoms with Crippen molar-refractivity contribution in [1.29, 1.82) is 0 Å². The Morgan fingerprint density at radius 3 is 2.89 bits per heavy atom. The van der Waals surface area contributed by atoms with Crippen molar-refractivity contribution in [2.75, 3.05) is 0 Å². The second-order valence-electron chi connectivity index (χ2n) is 6.38. The van der Waals surface area contributed by atoms with E-state index in [1.54, 1.807) is 31.5 Å². The monoisotopic (exact) mass is 362 g/mol. The molecule has 0 saturated heterocycles. The number of aromatic amines is 1. The molecule has 4 aromatic rings. The zero-order chi connectivity index (χ0) is 19.0. The second kappa shape index (κ2) is 6.68. The Bertz CT molecular complexity index is 1110. The fourth-order valence-electron chi connectivity index (χ4n) is 2.88. The lowest BCUT2D eigenvalue weighted by Crippen LogP contribution is -2.09. The first kappa shape index (κ1) is 17.0. The molecule has 136 valence electrons. The predicted octanol–water partition coefficient (Wildman–Crippen LogP) is 4.15. The highest BCUT2D eigenvalue weighted by atomic mass is 16.6. The standard InChI is InChI=1S/C20H18N4O3/c1-11-12(2)22-17-7-6-14(9-16(11)17)20(25)26-13(3)19-23-18(24-27-19)15-5-4-8-21-10-15/h4-10,13,22H,1-3H3. The first-order valence-corrected chi connectivity index (χ1v) is 8.57. The van der Waals surface area contributed by atoms with Gasteiger partial charge in [-0.25, -0.2) is 4.79 Å². The number of nitrogens with zero attached hydrogens (tertiary/aromatic N) is 3. The molecule has 0 aliphatic rings. The molecule has 0 aliphatic heterocycles. The fraction of sp³-hybridized carbons (Fsp3) is 0.200. The highest BCUT2D eigenvalue weighted by molar-refractivity contribution is 5.96. The lowest BCUT2D eigenvalue weighted by Gasteiger charge is -2.09. The molecule has 7 heteroatoms. The van der Waals surface area contributed by atoms with Gasteiger partial charge in [-0.1, -0.05) is 5.16 Å². The van der Waals surface area contributed by atoms with Crippen LogP contribution in [0.4, 0.5) is 0 Å². The van der Waals surface area contributed by atoms with Crippen LogP contribution >= 0.6 is 0 Å². The summed E-state index contributed by atoms with van der Waals surface area (Å²) in [6.45, 7) is 5.72. The first-order valence-electron chi connectivity index (χ1n) is 8.57. The number of ether oxygens (including phenoxy) is 1. The Morgan fingerprint density at radius 1 is 1.26 bits per heavy atom. The van der Waals surface area contributed by atoms with Gasteiger partial charge in [0.05, 0.1) is 5.56 Å². The smallest absolute Gasteiger partial charge is 0.338 e. The molecule has 0 bridgehead atoms. The second-order valence-corrected chi connectivity index (χ2v) is 6.38. The number of pyridine rings is 1. The van der Waals surface area contributed by atoms with E-state index in [1.165, 1.54) is 0 Å². The fourth-order valence-corrected chi connectivity index (χ4v) is 2.88. The molecule has 7 nitrogen and oxygen atoms in total. The molecule has 0 saturated carbocycles. The van der Waals surface area contributed by atoms with Crippen molar-refractivity contribution in [3.05, 3.63) is 65.4 Å². The number of aromatic nitrogens is 4. The van der Waals surface area contributed by atoms with Gasteiger partial charge < -0.3 is 14.2 Å². The molecular formula is C20H18N4O3. The summed E-state index contributed by atoms with van der Waals surface area (Å²) in [6.07, 6.45) is 2.64. The van der Waals surface area contributed by atoms with Crippen molar-refractivity contribution >= 4 is 16.9 Å². The van der Waals surface area contributed by atoms with E-state index >= 15 is 0 Å². The van der Waals surface area contributed by atoms with Crippen LogP contribution in [0.5, 0.6) is 0 Å². The lowest BCUT2D eigenvalue weighted by molar-refractivity contribution is 0.0265. The van der Waals surface area contributed by atoms with E-state index < -0.39 is 12.1 Å². The van der Waals surface area contributed by atoms with Crippen molar-refractivity contribution in [3.63, 3.8) is 0 Å². The van der Waals surface area contributed by atoms with E-state index in [0.29, 0.717) is 11.4 Å². The average molecular weight is 362 g/mol. The summed E-state index contributed by atoms with van der Waals surface area (Å²) >= 11 is 0. The number of hydrogen-bond acceptors (Lipinski definition) is 6. The molecule has 1 unspecified atom stereocenters. The molecule has 1 atom stereocenters. The maximum atomic E-state index is 12.5. The van der Waals surface area contributed by atoms with Gasteiger partial charge in [-0.2, -0.15) is 4.98 Å². The molecule has 0 amide bonds. The summed E-state index contributed by atoms with van der Waals surface area (Å²) in [5.74, 6) is 0.196. The Balaban J connectivity index is 1.53. The van der Waals surface area contributed by atoms with Crippen LogP contribution in [0.1, 0.15) is 40.5 Å². The highest BCUT2D eigenvalue weighted by Crippen LogP contribution is 2.25. The number of hydrogen-bond donors (Lipinski definition) is 1.